The number of hydrogen-bond acceptors (Lipinski definition) is 4. The first-order valence-corrected chi connectivity index (χ1v) is 9.58. The van der Waals surface area contributed by atoms with Crippen LogP contribution in [0.15, 0.2) is 0 Å². The Balaban J connectivity index is 2.61. The minimum Gasteiger partial charge on any atom is -0.341 e. The summed E-state index contributed by atoms with van der Waals surface area (Å²) in [5.74, 6) is 0.156. The second kappa shape index (κ2) is 7.56. The normalized spacial score (nSPS) is 20.6. The molecule has 2 unspecified atom stereocenters. The third-order valence-corrected chi connectivity index (χ3v) is 5.87. The Bertz CT molecular complexity index is 444. The van der Waals surface area contributed by atoms with E-state index in [1.807, 2.05) is 20.8 Å². The number of hydrogen-bond donors (Lipinski definition) is 1. The number of nitrogens with two attached hydrogens (primary N) is 1. The molecule has 124 valence electrons. The molecule has 7 heteroatoms. The SMILES string of the molecule is CCC(C)C(N)C(=O)N1CCC(N(CC)S(C)(=O)=O)CC1. The van der Waals surface area contributed by atoms with Crippen LogP contribution in [0.1, 0.15) is 40.0 Å². The van der Waals surface area contributed by atoms with Gasteiger partial charge in [-0.2, -0.15) is 4.31 Å². The van der Waals surface area contributed by atoms with Crippen LogP contribution in [0.25, 0.3) is 0 Å². The zero-order chi connectivity index (χ0) is 16.2. The summed E-state index contributed by atoms with van der Waals surface area (Å²) in [5, 5.41) is 0. The first kappa shape index (κ1) is 18.4. The van der Waals surface area contributed by atoms with Gasteiger partial charge in [0.15, 0.2) is 0 Å². The Morgan fingerprint density at radius 2 is 1.86 bits per heavy atom. The van der Waals surface area contributed by atoms with E-state index in [2.05, 4.69) is 0 Å². The van der Waals surface area contributed by atoms with E-state index >= 15 is 0 Å². The molecule has 0 radical (unpaired) electrons. The number of carbonyl (C=O) groups is 1. The lowest BCUT2D eigenvalue weighted by Gasteiger charge is -2.38. The molecule has 1 fully saturated rings. The molecule has 1 aliphatic rings. The van der Waals surface area contributed by atoms with E-state index in [1.165, 1.54) is 10.6 Å². The molecular weight excluding hydrogens is 290 g/mol. The van der Waals surface area contributed by atoms with Crippen LogP contribution in [0.3, 0.4) is 0 Å². The van der Waals surface area contributed by atoms with Gasteiger partial charge in [-0.1, -0.05) is 27.2 Å². The first-order valence-electron chi connectivity index (χ1n) is 7.73. The van der Waals surface area contributed by atoms with Crippen molar-refractivity contribution in [1.82, 2.24) is 9.21 Å². The van der Waals surface area contributed by atoms with Crippen LogP contribution in [0.4, 0.5) is 0 Å². The molecule has 0 aliphatic carbocycles. The maximum Gasteiger partial charge on any atom is 0.239 e. The molecule has 6 nitrogen and oxygen atoms in total. The predicted molar refractivity (Wildman–Crippen MR) is 84.3 cm³/mol. The van der Waals surface area contributed by atoms with Crippen LogP contribution in [-0.2, 0) is 14.8 Å². The van der Waals surface area contributed by atoms with Gasteiger partial charge in [0.1, 0.15) is 0 Å². The highest BCUT2D eigenvalue weighted by Crippen LogP contribution is 2.20. The lowest BCUT2D eigenvalue weighted by molar-refractivity contribution is -0.135. The third-order valence-electron chi connectivity index (χ3n) is 4.46. The summed E-state index contributed by atoms with van der Waals surface area (Å²) in [4.78, 5) is 14.1. The highest BCUT2D eigenvalue weighted by molar-refractivity contribution is 7.88. The van der Waals surface area contributed by atoms with E-state index in [0.29, 0.717) is 32.5 Å². The summed E-state index contributed by atoms with van der Waals surface area (Å²) >= 11 is 0. The van der Waals surface area contributed by atoms with Crippen LogP contribution in [-0.4, -0.2) is 61.5 Å². The molecule has 0 aromatic rings. The third kappa shape index (κ3) is 4.66. The molecule has 0 aromatic heterocycles. The van der Waals surface area contributed by atoms with Crippen molar-refractivity contribution >= 4 is 15.9 Å². The van der Waals surface area contributed by atoms with Gasteiger partial charge in [0, 0.05) is 25.7 Å². The van der Waals surface area contributed by atoms with Crippen LogP contribution in [0.2, 0.25) is 0 Å². The predicted octanol–water partition coefficient (Wildman–Crippen LogP) is 0.632. The van der Waals surface area contributed by atoms with E-state index in [4.69, 9.17) is 5.73 Å². The number of sulfonamides is 1. The molecule has 0 aromatic carbocycles. The lowest BCUT2D eigenvalue weighted by Crippen LogP contribution is -2.53. The van der Waals surface area contributed by atoms with Gasteiger partial charge < -0.3 is 10.6 Å². The average Bonchev–Trinajstić information content (AvgIpc) is 2.45. The van der Waals surface area contributed by atoms with Gasteiger partial charge in [-0.15, -0.1) is 0 Å². The van der Waals surface area contributed by atoms with Crippen molar-refractivity contribution in [3.8, 4) is 0 Å². The van der Waals surface area contributed by atoms with Crippen LogP contribution in [0.5, 0.6) is 0 Å². The van der Waals surface area contributed by atoms with Gasteiger partial charge in [-0.25, -0.2) is 8.42 Å². The molecule has 2 N–H and O–H groups in total. The maximum absolute atomic E-state index is 12.3. The zero-order valence-electron chi connectivity index (χ0n) is 13.6. The van der Waals surface area contributed by atoms with Crippen LogP contribution in [0, 0.1) is 5.92 Å². The second-order valence-electron chi connectivity index (χ2n) is 5.93. The molecule has 1 aliphatic heterocycles. The van der Waals surface area contributed by atoms with E-state index in [1.54, 1.807) is 4.90 Å². The van der Waals surface area contributed by atoms with Crippen molar-refractivity contribution in [3.63, 3.8) is 0 Å². The summed E-state index contributed by atoms with van der Waals surface area (Å²) in [6.45, 7) is 7.49. The molecule has 2 atom stereocenters. The number of amides is 1. The van der Waals surface area contributed by atoms with Crippen molar-refractivity contribution in [2.24, 2.45) is 11.7 Å². The van der Waals surface area contributed by atoms with Gasteiger partial charge in [-0.05, 0) is 18.8 Å². The Hall–Kier alpha value is -0.660. The molecule has 1 rings (SSSR count). The fourth-order valence-corrected chi connectivity index (χ4v) is 4.07. The Morgan fingerprint density at radius 1 is 1.33 bits per heavy atom. The van der Waals surface area contributed by atoms with Gasteiger partial charge in [0.2, 0.25) is 15.9 Å². The standard InChI is InChI=1S/C14H29N3O3S/c1-5-11(3)13(15)14(18)16-9-7-12(8-10-16)17(6-2)21(4,19)20/h11-13H,5-10,15H2,1-4H3. The van der Waals surface area contributed by atoms with Gasteiger partial charge >= 0.3 is 0 Å². The number of carbonyl (C=O) groups excluding carboxylic acids is 1. The largest absolute Gasteiger partial charge is 0.341 e. The van der Waals surface area contributed by atoms with E-state index in [-0.39, 0.29) is 17.9 Å². The molecule has 1 amide bonds. The number of nitrogens with zero attached hydrogens (tertiary/aromatic N) is 2. The Labute approximate surface area is 128 Å². The molecule has 0 spiro atoms. The summed E-state index contributed by atoms with van der Waals surface area (Å²) in [6.07, 6.45) is 3.48. The molecule has 21 heavy (non-hydrogen) atoms. The topological polar surface area (TPSA) is 83.7 Å². The summed E-state index contributed by atoms with van der Waals surface area (Å²) in [6, 6.07) is -0.461. The minimum absolute atomic E-state index is 0.00567. The van der Waals surface area contributed by atoms with Crippen LogP contribution >= 0.6 is 0 Å². The molecule has 0 bridgehead atoms. The quantitative estimate of drug-likeness (QED) is 0.778. The highest BCUT2D eigenvalue weighted by atomic mass is 32.2. The molecular formula is C14H29N3O3S. The monoisotopic (exact) mass is 319 g/mol. The van der Waals surface area contributed by atoms with Crippen molar-refractivity contribution in [2.75, 3.05) is 25.9 Å². The molecule has 1 heterocycles. The number of likely N-dealkylation sites (tertiary alicyclic amines) is 1. The molecule has 1 saturated heterocycles. The summed E-state index contributed by atoms with van der Waals surface area (Å²) in [5.41, 5.74) is 5.99. The smallest absolute Gasteiger partial charge is 0.239 e. The zero-order valence-corrected chi connectivity index (χ0v) is 14.4. The maximum atomic E-state index is 12.3. The van der Waals surface area contributed by atoms with Gasteiger partial charge in [-0.3, -0.25) is 4.79 Å². The van der Waals surface area contributed by atoms with E-state index in [0.717, 1.165) is 6.42 Å². The van der Waals surface area contributed by atoms with Crippen molar-refractivity contribution < 1.29 is 13.2 Å². The van der Waals surface area contributed by atoms with Crippen molar-refractivity contribution in [3.05, 3.63) is 0 Å². The summed E-state index contributed by atoms with van der Waals surface area (Å²) in [7, 11) is -3.18. The molecule has 0 saturated carbocycles. The van der Waals surface area contributed by atoms with Crippen molar-refractivity contribution in [2.45, 2.75) is 52.1 Å². The van der Waals surface area contributed by atoms with E-state index in [9.17, 15) is 13.2 Å². The number of piperidine rings is 1. The van der Waals surface area contributed by atoms with E-state index < -0.39 is 16.1 Å². The highest BCUT2D eigenvalue weighted by Gasteiger charge is 2.32. The fourth-order valence-electron chi connectivity index (χ4n) is 2.85. The fraction of sp³-hybridized carbons (Fsp3) is 0.929. The average molecular weight is 319 g/mol. The minimum atomic E-state index is -3.18. The first-order chi connectivity index (χ1) is 9.72. The number of rotatable bonds is 6. The van der Waals surface area contributed by atoms with Crippen molar-refractivity contribution in [1.29, 1.82) is 0 Å². The van der Waals surface area contributed by atoms with Crippen LogP contribution < -0.4 is 5.73 Å². The summed E-state index contributed by atoms with van der Waals surface area (Å²) < 4.78 is 25.0. The second-order valence-corrected chi connectivity index (χ2v) is 7.87. The Morgan fingerprint density at radius 3 is 2.24 bits per heavy atom. The lowest BCUT2D eigenvalue weighted by atomic mass is 9.97. The van der Waals surface area contributed by atoms with Gasteiger partial charge in [0.25, 0.3) is 0 Å². The van der Waals surface area contributed by atoms with Gasteiger partial charge in [0.05, 0.1) is 12.3 Å². The Kier molecular flexibility index (Phi) is 6.62.